The van der Waals surface area contributed by atoms with Gasteiger partial charge in [-0.3, -0.25) is 14.5 Å². The molecule has 5 rings (SSSR count). The van der Waals surface area contributed by atoms with Crippen LogP contribution >= 0.6 is 11.3 Å². The maximum absolute atomic E-state index is 13.5. The van der Waals surface area contributed by atoms with E-state index in [2.05, 4.69) is 4.98 Å². The zero-order valence-corrected chi connectivity index (χ0v) is 18.0. The van der Waals surface area contributed by atoms with Crippen LogP contribution in [-0.2, 0) is 9.53 Å². The molecule has 0 spiro atoms. The summed E-state index contributed by atoms with van der Waals surface area (Å²) in [6.45, 7) is 0. The molecule has 0 fully saturated rings. The minimum atomic E-state index is -0.962. The number of aromatic nitrogens is 1. The molecule has 1 aliphatic heterocycles. The van der Waals surface area contributed by atoms with Gasteiger partial charge in [0, 0.05) is 17.0 Å². The van der Waals surface area contributed by atoms with E-state index in [0.29, 0.717) is 21.8 Å². The molecule has 2 aromatic carbocycles. The normalized spacial score (nSPS) is 16.0. The number of ether oxygens (including phenoxy) is 1. The summed E-state index contributed by atoms with van der Waals surface area (Å²) in [6, 6.07) is 14.0. The summed E-state index contributed by atoms with van der Waals surface area (Å²) in [4.78, 5) is 43.9. The number of rotatable bonds is 5. The Morgan fingerprint density at radius 1 is 1.15 bits per heavy atom. The average Bonchev–Trinajstić information content (AvgIpc) is 3.57. The summed E-state index contributed by atoms with van der Waals surface area (Å²) in [5.41, 5.74) is 1.21. The van der Waals surface area contributed by atoms with Gasteiger partial charge >= 0.3 is 5.97 Å². The molecule has 0 radical (unpaired) electrons. The number of aliphatic hydroxyl groups excluding tert-OH is 1. The maximum Gasteiger partial charge on any atom is 0.337 e. The van der Waals surface area contributed by atoms with E-state index in [9.17, 15) is 19.5 Å². The number of ketones is 1. The molecule has 33 heavy (non-hydrogen) atoms. The molecule has 0 bridgehead atoms. The van der Waals surface area contributed by atoms with Crippen molar-refractivity contribution in [1.82, 2.24) is 4.98 Å². The lowest BCUT2D eigenvalue weighted by atomic mass is 9.94. The molecule has 9 heteroatoms. The topological polar surface area (TPSA) is 110 Å². The highest BCUT2D eigenvalue weighted by molar-refractivity contribution is 7.13. The van der Waals surface area contributed by atoms with Crippen molar-refractivity contribution in [2.24, 2.45) is 0 Å². The fraction of sp³-hybridized carbons (Fsp3) is 0.0833. The van der Waals surface area contributed by atoms with Crippen LogP contribution in [0.1, 0.15) is 32.5 Å². The lowest BCUT2D eigenvalue weighted by Gasteiger charge is -2.24. The number of fused-ring (bicyclic) bond motifs is 1. The Bertz CT molecular complexity index is 1390. The van der Waals surface area contributed by atoms with E-state index in [1.54, 1.807) is 41.8 Å². The number of hydrogen-bond donors (Lipinski definition) is 1. The van der Waals surface area contributed by atoms with Crippen LogP contribution in [0.15, 0.2) is 81.9 Å². The van der Waals surface area contributed by atoms with Gasteiger partial charge in [-0.15, -0.1) is 11.3 Å². The van der Waals surface area contributed by atoms with E-state index in [1.165, 1.54) is 41.7 Å². The van der Waals surface area contributed by atoms with Crippen molar-refractivity contribution >= 4 is 45.1 Å². The minimum absolute atomic E-state index is 0.00252. The molecule has 0 saturated carbocycles. The van der Waals surface area contributed by atoms with E-state index in [0.717, 1.165) is 5.39 Å². The standard InChI is InChI=1S/C24H16N2O6S/c1-31-23(30)14-8-6-13(7-9-14)19-18(21(28)22(29)26(19)24-25-10-11-33-24)20(27)17-12-15-4-2-3-5-16(15)32-17/h2-12,19,28H,1H3. The van der Waals surface area contributed by atoms with Gasteiger partial charge in [0.1, 0.15) is 5.58 Å². The quantitative estimate of drug-likeness (QED) is 0.346. The molecule has 1 amide bonds. The number of aliphatic hydroxyl groups is 1. The summed E-state index contributed by atoms with van der Waals surface area (Å²) in [7, 11) is 1.28. The molecule has 1 aliphatic rings. The number of benzene rings is 2. The van der Waals surface area contributed by atoms with Crippen molar-refractivity contribution < 1.29 is 28.6 Å². The summed E-state index contributed by atoms with van der Waals surface area (Å²) in [6.07, 6.45) is 1.53. The first-order chi connectivity index (χ1) is 16.0. The smallest absolute Gasteiger partial charge is 0.337 e. The van der Waals surface area contributed by atoms with Crippen molar-refractivity contribution in [1.29, 1.82) is 0 Å². The van der Waals surface area contributed by atoms with Gasteiger partial charge in [-0.25, -0.2) is 9.78 Å². The van der Waals surface area contributed by atoms with Crippen LogP contribution < -0.4 is 4.90 Å². The van der Waals surface area contributed by atoms with Crippen molar-refractivity contribution in [3.05, 3.63) is 94.4 Å². The van der Waals surface area contributed by atoms with Crippen molar-refractivity contribution in [2.75, 3.05) is 12.0 Å². The third-order valence-electron chi connectivity index (χ3n) is 5.37. The van der Waals surface area contributed by atoms with E-state index in [4.69, 9.17) is 9.15 Å². The minimum Gasteiger partial charge on any atom is -0.503 e. The zero-order chi connectivity index (χ0) is 23.1. The van der Waals surface area contributed by atoms with Crippen LogP contribution in [0.25, 0.3) is 11.0 Å². The number of hydrogen-bond acceptors (Lipinski definition) is 8. The summed E-state index contributed by atoms with van der Waals surface area (Å²) in [5, 5.41) is 13.5. The number of nitrogens with zero attached hydrogens (tertiary/aromatic N) is 2. The van der Waals surface area contributed by atoms with Gasteiger partial charge in [-0.05, 0) is 29.8 Å². The average molecular weight is 460 g/mol. The number of furan rings is 1. The van der Waals surface area contributed by atoms with Crippen LogP contribution in [0, 0.1) is 0 Å². The molecule has 1 atom stereocenters. The summed E-state index contributed by atoms with van der Waals surface area (Å²) < 4.78 is 10.4. The SMILES string of the molecule is COC(=O)c1ccc(C2C(C(=O)c3cc4ccccc4o3)=C(O)C(=O)N2c2nccs2)cc1. The monoisotopic (exact) mass is 460 g/mol. The number of anilines is 1. The molecular formula is C24H16N2O6S. The van der Waals surface area contributed by atoms with Gasteiger partial charge in [0.2, 0.25) is 5.78 Å². The van der Waals surface area contributed by atoms with E-state index in [1.807, 2.05) is 6.07 Å². The molecule has 1 N–H and O–H groups in total. The Balaban J connectivity index is 1.63. The lowest BCUT2D eigenvalue weighted by molar-refractivity contribution is -0.117. The Morgan fingerprint density at radius 3 is 2.58 bits per heavy atom. The maximum atomic E-state index is 13.5. The second-order valence-corrected chi connectivity index (χ2v) is 8.12. The highest BCUT2D eigenvalue weighted by Gasteiger charge is 2.46. The number of esters is 1. The van der Waals surface area contributed by atoms with Crippen molar-refractivity contribution in [2.45, 2.75) is 6.04 Å². The first-order valence-corrected chi connectivity index (χ1v) is 10.8. The van der Waals surface area contributed by atoms with Crippen molar-refractivity contribution in [3.63, 3.8) is 0 Å². The number of carbonyl (C=O) groups is 3. The Labute approximate surface area is 191 Å². The molecular weight excluding hydrogens is 444 g/mol. The molecule has 2 aromatic heterocycles. The third kappa shape index (κ3) is 3.39. The Morgan fingerprint density at radius 2 is 1.91 bits per heavy atom. The van der Waals surface area contributed by atoms with Gasteiger partial charge in [0.05, 0.1) is 24.3 Å². The predicted octanol–water partition coefficient (Wildman–Crippen LogP) is 4.46. The molecule has 164 valence electrons. The molecule has 8 nitrogen and oxygen atoms in total. The van der Waals surface area contributed by atoms with E-state index < -0.39 is 29.5 Å². The van der Waals surface area contributed by atoms with Gasteiger partial charge in [0.25, 0.3) is 5.91 Å². The number of Topliss-reactive ketones (excluding diaryl/α,β-unsaturated/α-hetero) is 1. The second kappa shape index (κ2) is 8.03. The van der Waals surface area contributed by atoms with Gasteiger partial charge in [-0.1, -0.05) is 30.3 Å². The second-order valence-electron chi connectivity index (χ2n) is 7.25. The van der Waals surface area contributed by atoms with E-state index in [-0.39, 0.29) is 11.3 Å². The zero-order valence-electron chi connectivity index (χ0n) is 17.2. The molecule has 0 saturated heterocycles. The molecule has 0 aliphatic carbocycles. The number of thiazole rings is 1. The van der Waals surface area contributed by atoms with Crippen LogP contribution in [0.4, 0.5) is 5.13 Å². The van der Waals surface area contributed by atoms with E-state index >= 15 is 0 Å². The Kier molecular flexibility index (Phi) is 5.02. The third-order valence-corrected chi connectivity index (χ3v) is 6.15. The van der Waals surface area contributed by atoms with Crippen molar-refractivity contribution in [3.8, 4) is 0 Å². The first-order valence-electron chi connectivity index (χ1n) is 9.87. The fourth-order valence-electron chi connectivity index (χ4n) is 3.83. The molecule has 3 heterocycles. The van der Waals surface area contributed by atoms with Gasteiger partial charge < -0.3 is 14.3 Å². The molecule has 4 aromatic rings. The van der Waals surface area contributed by atoms with Gasteiger partial charge in [-0.2, -0.15) is 0 Å². The first kappa shape index (κ1) is 20.7. The van der Waals surface area contributed by atoms with Crippen LogP contribution in [-0.4, -0.2) is 34.9 Å². The largest absolute Gasteiger partial charge is 0.503 e. The van der Waals surface area contributed by atoms with Crippen LogP contribution in [0.3, 0.4) is 0 Å². The number of amides is 1. The predicted molar refractivity (Wildman–Crippen MR) is 120 cm³/mol. The van der Waals surface area contributed by atoms with Crippen LogP contribution in [0.5, 0.6) is 0 Å². The highest BCUT2D eigenvalue weighted by atomic mass is 32.1. The number of methoxy groups -OCH3 is 1. The number of para-hydroxylation sites is 1. The van der Waals surface area contributed by atoms with Gasteiger partial charge in [0.15, 0.2) is 16.7 Å². The number of carbonyl (C=O) groups excluding carboxylic acids is 3. The van der Waals surface area contributed by atoms with Crippen LogP contribution in [0.2, 0.25) is 0 Å². The summed E-state index contributed by atoms with van der Waals surface area (Å²) in [5.74, 6) is -2.54. The summed E-state index contributed by atoms with van der Waals surface area (Å²) >= 11 is 1.20. The lowest BCUT2D eigenvalue weighted by Crippen LogP contribution is -2.31. The fourth-order valence-corrected chi connectivity index (χ4v) is 4.50. The Hall–Kier alpha value is -4.24. The highest BCUT2D eigenvalue weighted by Crippen LogP contribution is 2.42. The molecule has 1 unspecified atom stereocenters.